The number of hydrogen-bond acceptors (Lipinski definition) is 5. The Balaban J connectivity index is 1.61. The molecule has 2 amide bonds. The highest BCUT2D eigenvalue weighted by atomic mass is 19.1. The molecule has 1 fully saturated rings. The second-order valence-corrected chi connectivity index (χ2v) is 8.05. The van der Waals surface area contributed by atoms with Gasteiger partial charge in [0.15, 0.2) is 0 Å². The van der Waals surface area contributed by atoms with Crippen molar-refractivity contribution in [2.45, 2.75) is 26.8 Å². The molecule has 0 unspecified atom stereocenters. The number of halogens is 1. The number of amides is 2. The molecule has 0 aliphatic carbocycles. The summed E-state index contributed by atoms with van der Waals surface area (Å²) in [6, 6.07) is 2.89. The van der Waals surface area contributed by atoms with Crippen LogP contribution < -0.4 is 15.6 Å². The predicted molar refractivity (Wildman–Crippen MR) is 123 cm³/mol. The molecular weight excluding hydrogens is 427 g/mol. The monoisotopic (exact) mass is 454 g/mol. The molecule has 174 valence electrons. The van der Waals surface area contributed by atoms with Crippen molar-refractivity contribution in [2.75, 3.05) is 37.6 Å². The highest BCUT2D eigenvalue weighted by Crippen LogP contribution is 2.26. The number of rotatable bonds is 6. The molecule has 4 rings (SSSR count). The lowest BCUT2D eigenvalue weighted by atomic mass is 10.1. The van der Waals surface area contributed by atoms with E-state index in [0.717, 1.165) is 5.69 Å². The first-order valence-corrected chi connectivity index (χ1v) is 11.0. The topological polar surface area (TPSA) is 103 Å². The van der Waals surface area contributed by atoms with E-state index in [-0.39, 0.29) is 16.9 Å². The van der Waals surface area contributed by atoms with Crippen LogP contribution in [0, 0.1) is 5.82 Å². The molecule has 0 atom stereocenters. The van der Waals surface area contributed by atoms with Crippen molar-refractivity contribution in [3.63, 3.8) is 0 Å². The van der Waals surface area contributed by atoms with Crippen LogP contribution in [-0.2, 0) is 17.8 Å². The lowest BCUT2D eigenvalue weighted by Gasteiger charge is -2.36. The molecule has 2 aromatic heterocycles. The first kappa shape index (κ1) is 22.5. The van der Waals surface area contributed by atoms with Gasteiger partial charge in [-0.15, -0.1) is 0 Å². The number of carbonyl (C=O) groups is 2. The van der Waals surface area contributed by atoms with Gasteiger partial charge >= 0.3 is 0 Å². The zero-order chi connectivity index (χ0) is 23.5. The molecule has 1 saturated heterocycles. The second-order valence-electron chi connectivity index (χ2n) is 8.05. The van der Waals surface area contributed by atoms with Gasteiger partial charge in [-0.1, -0.05) is 0 Å². The van der Waals surface area contributed by atoms with Gasteiger partial charge in [0, 0.05) is 76.1 Å². The summed E-state index contributed by atoms with van der Waals surface area (Å²) in [7, 11) is 0. The number of carbonyl (C=O) groups excluding carboxylic acids is 2. The average molecular weight is 455 g/mol. The maximum atomic E-state index is 15.1. The number of aryl methyl sites for hydroxylation is 1. The average Bonchev–Trinajstić information content (AvgIpc) is 3.33. The van der Waals surface area contributed by atoms with E-state index in [1.54, 1.807) is 28.1 Å². The van der Waals surface area contributed by atoms with E-state index >= 15 is 4.39 Å². The minimum absolute atomic E-state index is 0.00354. The summed E-state index contributed by atoms with van der Waals surface area (Å²) in [5, 5.41) is 2.92. The number of nitrogens with one attached hydrogen (secondary N) is 2. The van der Waals surface area contributed by atoms with Crippen LogP contribution in [0.4, 0.5) is 10.1 Å². The quantitative estimate of drug-likeness (QED) is 0.588. The van der Waals surface area contributed by atoms with Crippen molar-refractivity contribution in [2.24, 2.45) is 0 Å². The Labute approximate surface area is 190 Å². The van der Waals surface area contributed by atoms with E-state index < -0.39 is 17.2 Å². The molecule has 1 aliphatic rings. The summed E-state index contributed by atoms with van der Waals surface area (Å²) < 4.78 is 16.9. The number of hydrogen-bond donors (Lipinski definition) is 2. The van der Waals surface area contributed by atoms with Crippen molar-refractivity contribution in [3.8, 4) is 0 Å². The number of aromatic amines is 1. The van der Waals surface area contributed by atoms with Gasteiger partial charge in [-0.3, -0.25) is 14.4 Å². The van der Waals surface area contributed by atoms with Crippen LogP contribution in [0.25, 0.3) is 10.9 Å². The van der Waals surface area contributed by atoms with E-state index in [0.29, 0.717) is 56.9 Å². The smallest absolute Gasteiger partial charge is 0.256 e. The molecule has 1 aromatic carbocycles. The van der Waals surface area contributed by atoms with Crippen LogP contribution in [0.15, 0.2) is 35.6 Å². The van der Waals surface area contributed by atoms with E-state index in [1.807, 2.05) is 11.8 Å². The molecule has 0 bridgehead atoms. The molecule has 33 heavy (non-hydrogen) atoms. The van der Waals surface area contributed by atoms with Gasteiger partial charge in [-0.25, -0.2) is 9.37 Å². The van der Waals surface area contributed by atoms with Crippen LogP contribution in [-0.4, -0.2) is 64.0 Å². The fourth-order valence-corrected chi connectivity index (χ4v) is 4.15. The van der Waals surface area contributed by atoms with Crippen molar-refractivity contribution >= 4 is 28.4 Å². The third-order valence-electron chi connectivity index (χ3n) is 6.03. The Morgan fingerprint density at radius 3 is 2.61 bits per heavy atom. The molecule has 3 heterocycles. The number of aromatic nitrogens is 3. The van der Waals surface area contributed by atoms with Crippen molar-refractivity contribution in [1.82, 2.24) is 24.8 Å². The Morgan fingerprint density at radius 1 is 1.21 bits per heavy atom. The lowest BCUT2D eigenvalue weighted by molar-refractivity contribution is -0.129. The Morgan fingerprint density at radius 2 is 1.97 bits per heavy atom. The third kappa shape index (κ3) is 4.59. The van der Waals surface area contributed by atoms with Gasteiger partial charge in [-0.05, 0) is 19.1 Å². The number of imidazole rings is 1. The molecule has 0 spiro atoms. The highest BCUT2D eigenvalue weighted by Gasteiger charge is 2.23. The standard InChI is InChI=1S/C23H27FN6O3/c1-3-28-13-18(23(33)26-5-4-16-12-25-14-27-16)22(32)17-10-19(24)21(11-20(17)28)30-8-6-29(7-9-30)15(2)31/h10-14H,3-9H2,1-2H3,(H,25,27)(H,26,33). The summed E-state index contributed by atoms with van der Waals surface area (Å²) in [6.07, 6.45) is 5.32. The number of pyridine rings is 1. The predicted octanol–water partition coefficient (Wildman–Crippen LogP) is 1.52. The lowest BCUT2D eigenvalue weighted by Crippen LogP contribution is -2.48. The summed E-state index contributed by atoms with van der Waals surface area (Å²) >= 11 is 0. The minimum atomic E-state index is -0.518. The molecule has 1 aliphatic heterocycles. The van der Waals surface area contributed by atoms with E-state index in [2.05, 4.69) is 15.3 Å². The van der Waals surface area contributed by atoms with Crippen LogP contribution in [0.1, 0.15) is 29.9 Å². The minimum Gasteiger partial charge on any atom is -0.366 e. The molecule has 2 N–H and O–H groups in total. The first-order valence-electron chi connectivity index (χ1n) is 11.0. The number of H-pyrrole nitrogens is 1. The normalized spacial score (nSPS) is 14.0. The zero-order valence-electron chi connectivity index (χ0n) is 18.7. The summed E-state index contributed by atoms with van der Waals surface area (Å²) in [5.41, 5.74) is 1.32. The Bertz CT molecular complexity index is 1230. The first-order chi connectivity index (χ1) is 15.9. The molecule has 9 nitrogen and oxygen atoms in total. The van der Waals surface area contributed by atoms with Gasteiger partial charge in [0.2, 0.25) is 11.3 Å². The zero-order valence-corrected chi connectivity index (χ0v) is 18.7. The number of anilines is 1. The molecule has 0 saturated carbocycles. The molecule has 0 radical (unpaired) electrons. The molecular formula is C23H27FN6O3. The summed E-state index contributed by atoms with van der Waals surface area (Å²) in [5.74, 6) is -1.01. The number of nitrogens with zero attached hydrogens (tertiary/aromatic N) is 4. The van der Waals surface area contributed by atoms with E-state index in [9.17, 15) is 14.4 Å². The van der Waals surface area contributed by atoms with Gasteiger partial charge < -0.3 is 24.7 Å². The van der Waals surface area contributed by atoms with E-state index in [1.165, 1.54) is 19.2 Å². The fraction of sp³-hybridized carbons (Fsp3) is 0.391. The Hall–Kier alpha value is -3.69. The summed E-state index contributed by atoms with van der Waals surface area (Å²) in [6.45, 7) is 6.33. The highest BCUT2D eigenvalue weighted by molar-refractivity contribution is 5.97. The SMILES string of the molecule is CCn1cc(C(=O)NCCc2cnc[nH]2)c(=O)c2cc(F)c(N3CCN(C(C)=O)CC3)cc21. The Kier molecular flexibility index (Phi) is 6.43. The van der Waals surface area contributed by atoms with Crippen LogP contribution in [0.2, 0.25) is 0 Å². The fourth-order valence-electron chi connectivity index (χ4n) is 4.15. The van der Waals surface area contributed by atoms with Gasteiger partial charge in [-0.2, -0.15) is 0 Å². The van der Waals surface area contributed by atoms with Crippen molar-refractivity contribution < 1.29 is 14.0 Å². The van der Waals surface area contributed by atoms with Crippen LogP contribution in [0.3, 0.4) is 0 Å². The summed E-state index contributed by atoms with van der Waals surface area (Å²) in [4.78, 5) is 47.9. The maximum Gasteiger partial charge on any atom is 0.256 e. The van der Waals surface area contributed by atoms with E-state index in [4.69, 9.17) is 0 Å². The van der Waals surface area contributed by atoms with Gasteiger partial charge in [0.05, 0.1) is 17.5 Å². The number of piperazine rings is 1. The number of fused-ring (bicyclic) bond motifs is 1. The molecule has 3 aromatic rings. The second kappa shape index (κ2) is 9.43. The van der Waals surface area contributed by atoms with Crippen molar-refractivity contribution in [3.05, 3.63) is 58.2 Å². The largest absolute Gasteiger partial charge is 0.366 e. The maximum absolute atomic E-state index is 15.1. The van der Waals surface area contributed by atoms with Crippen LogP contribution in [0.5, 0.6) is 0 Å². The molecule has 10 heteroatoms. The van der Waals surface area contributed by atoms with Crippen LogP contribution >= 0.6 is 0 Å². The number of benzene rings is 1. The van der Waals surface area contributed by atoms with Gasteiger partial charge in [0.1, 0.15) is 11.4 Å². The van der Waals surface area contributed by atoms with Gasteiger partial charge in [0.25, 0.3) is 5.91 Å². The third-order valence-corrected chi connectivity index (χ3v) is 6.03. The van der Waals surface area contributed by atoms with Crippen molar-refractivity contribution in [1.29, 1.82) is 0 Å².